The van der Waals surface area contributed by atoms with Crippen LogP contribution in [-0.4, -0.2) is 93.0 Å². The van der Waals surface area contributed by atoms with Crippen LogP contribution in [0.1, 0.15) is 66.5 Å². The molecule has 8 amide bonds. The summed E-state index contributed by atoms with van der Waals surface area (Å²) in [5.74, 6) is 1.14. The molecule has 2 saturated heterocycles. The Morgan fingerprint density at radius 3 is 0.900 bits per heavy atom. The Balaban J connectivity index is 1.76. The van der Waals surface area contributed by atoms with Crippen LogP contribution in [0.3, 0.4) is 0 Å². The van der Waals surface area contributed by atoms with Gasteiger partial charge in [0.05, 0.1) is 26.4 Å². The molecule has 0 spiro atoms. The van der Waals surface area contributed by atoms with Crippen molar-refractivity contribution >= 4 is 24.1 Å². The van der Waals surface area contributed by atoms with E-state index in [1.807, 2.05) is 24.3 Å². The van der Waals surface area contributed by atoms with Gasteiger partial charge in [-0.1, -0.05) is 79.7 Å². The highest BCUT2D eigenvalue weighted by molar-refractivity contribution is 5.96. The molecule has 0 radical (unpaired) electrons. The molecule has 0 aliphatic carbocycles. The highest BCUT2D eigenvalue weighted by Crippen LogP contribution is 2.22. The lowest BCUT2D eigenvalue weighted by Crippen LogP contribution is -2.61. The van der Waals surface area contributed by atoms with E-state index in [9.17, 15) is 19.2 Å². The Morgan fingerprint density at radius 1 is 0.475 bits per heavy atom. The zero-order chi connectivity index (χ0) is 29.7. The molecule has 2 heterocycles. The van der Waals surface area contributed by atoms with Crippen LogP contribution in [0.15, 0.2) is 24.3 Å². The van der Waals surface area contributed by atoms with Crippen molar-refractivity contribution in [3.63, 3.8) is 0 Å². The SMILES string of the molecule is CC(C)CN1CN(CC(C)C)C(=O)N(Cc2ccc(CN3C(=O)N(CC(C)C)CN(CC(C)C)C3=O)cc2)C1=O. The summed E-state index contributed by atoms with van der Waals surface area (Å²) < 4.78 is 0. The van der Waals surface area contributed by atoms with Crippen molar-refractivity contribution in [3.8, 4) is 0 Å². The fraction of sp³-hybridized carbons (Fsp3) is 0.667. The fourth-order valence-corrected chi connectivity index (χ4v) is 5.19. The minimum atomic E-state index is -0.275. The first-order valence-corrected chi connectivity index (χ1v) is 14.5. The van der Waals surface area contributed by atoms with Crippen molar-refractivity contribution < 1.29 is 19.2 Å². The number of nitrogens with zero attached hydrogens (tertiary/aromatic N) is 6. The molecule has 0 N–H and O–H groups in total. The van der Waals surface area contributed by atoms with E-state index in [4.69, 9.17) is 0 Å². The molecule has 1 aromatic rings. The van der Waals surface area contributed by atoms with Gasteiger partial charge in [-0.15, -0.1) is 0 Å². The zero-order valence-electron chi connectivity index (χ0n) is 25.6. The van der Waals surface area contributed by atoms with Gasteiger partial charge in [-0.3, -0.25) is 0 Å². The van der Waals surface area contributed by atoms with Crippen LogP contribution in [0.5, 0.6) is 0 Å². The Hall–Kier alpha value is -3.30. The molecule has 40 heavy (non-hydrogen) atoms. The summed E-state index contributed by atoms with van der Waals surface area (Å²) in [5.41, 5.74) is 1.61. The molecule has 3 rings (SSSR count). The zero-order valence-corrected chi connectivity index (χ0v) is 25.6. The van der Waals surface area contributed by atoms with Crippen LogP contribution in [0.2, 0.25) is 0 Å². The number of rotatable bonds is 12. The topological polar surface area (TPSA) is 87.7 Å². The molecule has 10 heteroatoms. The van der Waals surface area contributed by atoms with Gasteiger partial charge >= 0.3 is 24.1 Å². The standard InChI is InChI=1S/C30H48N6O4/c1-21(2)13-31-19-32(14-22(3)4)28(38)35(27(31)37)17-25-9-11-26(12-10-25)18-36-29(39)33(15-23(5)6)20-34(30(36)40)16-24(7)8/h9-12,21-24H,13-20H2,1-8H3. The normalized spacial score (nSPS) is 17.2. The molecular formula is C30H48N6O4. The molecule has 2 fully saturated rings. The van der Waals surface area contributed by atoms with Gasteiger partial charge in [-0.05, 0) is 34.8 Å². The molecule has 2 aliphatic rings. The van der Waals surface area contributed by atoms with Gasteiger partial charge in [0, 0.05) is 26.2 Å². The maximum absolute atomic E-state index is 13.2. The van der Waals surface area contributed by atoms with Crippen LogP contribution in [0.4, 0.5) is 19.2 Å². The molecule has 0 unspecified atom stereocenters. The molecule has 222 valence electrons. The summed E-state index contributed by atoms with van der Waals surface area (Å²) in [6, 6.07) is 6.35. The maximum Gasteiger partial charge on any atom is 0.329 e. The summed E-state index contributed by atoms with van der Waals surface area (Å²) >= 11 is 0. The molecule has 0 saturated carbocycles. The number of urea groups is 4. The first kappa shape index (κ1) is 31.2. The lowest BCUT2D eigenvalue weighted by atomic mass is 10.1. The van der Waals surface area contributed by atoms with Crippen molar-refractivity contribution in [2.75, 3.05) is 39.5 Å². The summed E-state index contributed by atoms with van der Waals surface area (Å²) in [5, 5.41) is 0. The average molecular weight is 557 g/mol. The molecular weight excluding hydrogens is 508 g/mol. The quantitative estimate of drug-likeness (QED) is 0.338. The predicted molar refractivity (Wildman–Crippen MR) is 155 cm³/mol. The Kier molecular flexibility index (Phi) is 10.4. The van der Waals surface area contributed by atoms with Gasteiger partial charge in [0.15, 0.2) is 0 Å². The number of amides is 8. The van der Waals surface area contributed by atoms with E-state index in [1.165, 1.54) is 9.80 Å². The third kappa shape index (κ3) is 7.88. The maximum atomic E-state index is 13.2. The van der Waals surface area contributed by atoms with Crippen molar-refractivity contribution in [1.82, 2.24) is 29.4 Å². The largest absolute Gasteiger partial charge is 0.329 e. The van der Waals surface area contributed by atoms with E-state index in [2.05, 4.69) is 55.4 Å². The van der Waals surface area contributed by atoms with E-state index in [1.54, 1.807) is 19.6 Å². The number of imide groups is 2. The Morgan fingerprint density at radius 2 is 0.700 bits per heavy atom. The van der Waals surface area contributed by atoms with E-state index < -0.39 is 0 Å². The van der Waals surface area contributed by atoms with Crippen molar-refractivity contribution in [1.29, 1.82) is 0 Å². The van der Waals surface area contributed by atoms with E-state index in [0.29, 0.717) is 39.5 Å². The second kappa shape index (κ2) is 13.4. The summed E-state index contributed by atoms with van der Waals surface area (Å²) in [4.78, 5) is 62.5. The number of hydrogen-bond acceptors (Lipinski definition) is 4. The van der Waals surface area contributed by atoms with E-state index >= 15 is 0 Å². The van der Waals surface area contributed by atoms with Crippen molar-refractivity contribution in [2.45, 2.75) is 68.5 Å². The first-order chi connectivity index (χ1) is 18.8. The number of benzene rings is 1. The molecule has 0 atom stereocenters. The van der Waals surface area contributed by atoms with Crippen molar-refractivity contribution in [2.24, 2.45) is 23.7 Å². The monoisotopic (exact) mass is 556 g/mol. The minimum Gasteiger partial charge on any atom is -0.306 e. The van der Waals surface area contributed by atoms with Crippen LogP contribution in [0.25, 0.3) is 0 Å². The highest BCUT2D eigenvalue weighted by Gasteiger charge is 2.39. The lowest BCUT2D eigenvalue weighted by Gasteiger charge is -2.42. The van der Waals surface area contributed by atoms with Gasteiger partial charge in [0.25, 0.3) is 0 Å². The van der Waals surface area contributed by atoms with Gasteiger partial charge in [-0.2, -0.15) is 0 Å². The number of carbonyl (C=O) groups excluding carboxylic acids is 4. The van der Waals surface area contributed by atoms with Gasteiger partial charge in [0.1, 0.15) is 0 Å². The van der Waals surface area contributed by atoms with Crippen molar-refractivity contribution in [3.05, 3.63) is 35.4 Å². The Bertz CT molecular complexity index is 916. The molecule has 0 aromatic heterocycles. The second-order valence-electron chi connectivity index (χ2n) is 12.9. The van der Waals surface area contributed by atoms with Gasteiger partial charge < -0.3 is 19.6 Å². The molecule has 10 nitrogen and oxygen atoms in total. The number of carbonyl (C=O) groups is 4. The second-order valence-corrected chi connectivity index (χ2v) is 12.9. The fourth-order valence-electron chi connectivity index (χ4n) is 5.19. The number of hydrogen-bond donors (Lipinski definition) is 0. The third-order valence-corrected chi connectivity index (χ3v) is 6.74. The average Bonchev–Trinajstić information content (AvgIpc) is 2.85. The van der Waals surface area contributed by atoms with Crippen LogP contribution in [-0.2, 0) is 13.1 Å². The third-order valence-electron chi connectivity index (χ3n) is 6.74. The summed E-state index contributed by atoms with van der Waals surface area (Å²) in [6.07, 6.45) is 0. The molecule has 1 aromatic carbocycles. The molecule has 0 bridgehead atoms. The Labute approximate surface area is 239 Å². The van der Waals surface area contributed by atoms with Gasteiger partial charge in [0.2, 0.25) is 0 Å². The highest BCUT2D eigenvalue weighted by atomic mass is 16.2. The summed E-state index contributed by atoms with van der Waals surface area (Å²) in [7, 11) is 0. The van der Waals surface area contributed by atoms with E-state index in [-0.39, 0.29) is 60.9 Å². The molecule has 2 aliphatic heterocycles. The van der Waals surface area contributed by atoms with Crippen LogP contribution in [0, 0.1) is 23.7 Å². The smallest absolute Gasteiger partial charge is 0.306 e. The van der Waals surface area contributed by atoms with Crippen LogP contribution >= 0.6 is 0 Å². The minimum absolute atomic E-state index is 0.160. The lowest BCUT2D eigenvalue weighted by molar-refractivity contribution is 0.0658. The first-order valence-electron chi connectivity index (χ1n) is 14.5. The van der Waals surface area contributed by atoms with Gasteiger partial charge in [-0.25, -0.2) is 29.0 Å². The predicted octanol–water partition coefficient (Wildman–Crippen LogP) is 5.54. The van der Waals surface area contributed by atoms with E-state index in [0.717, 1.165) is 11.1 Å². The van der Waals surface area contributed by atoms with Crippen LogP contribution < -0.4 is 0 Å². The summed E-state index contributed by atoms with van der Waals surface area (Å²) in [6.45, 7) is 19.7.